The van der Waals surface area contributed by atoms with Gasteiger partial charge in [0.15, 0.2) is 0 Å². The fourth-order valence-electron chi connectivity index (χ4n) is 2.31. The van der Waals surface area contributed by atoms with E-state index in [9.17, 15) is 14.0 Å². The van der Waals surface area contributed by atoms with Gasteiger partial charge in [0.25, 0.3) is 5.91 Å². The lowest BCUT2D eigenvalue weighted by atomic mass is 10.1. The van der Waals surface area contributed by atoms with Gasteiger partial charge in [0.1, 0.15) is 5.82 Å². The van der Waals surface area contributed by atoms with Crippen molar-refractivity contribution in [1.29, 1.82) is 0 Å². The van der Waals surface area contributed by atoms with Crippen molar-refractivity contribution in [3.05, 3.63) is 29.6 Å². The first-order valence-electron chi connectivity index (χ1n) is 6.83. The van der Waals surface area contributed by atoms with Gasteiger partial charge in [-0.05, 0) is 31.0 Å². The van der Waals surface area contributed by atoms with E-state index in [1.54, 1.807) is 0 Å². The molecule has 0 aromatic heterocycles. The molecule has 1 aromatic carbocycles. The van der Waals surface area contributed by atoms with Crippen molar-refractivity contribution in [3.63, 3.8) is 0 Å². The second-order valence-corrected chi connectivity index (χ2v) is 5.22. The van der Waals surface area contributed by atoms with Gasteiger partial charge < -0.3 is 16.8 Å². The summed E-state index contributed by atoms with van der Waals surface area (Å²) in [5, 5.41) is 2.64. The van der Waals surface area contributed by atoms with Crippen LogP contribution < -0.4 is 16.8 Å². The van der Waals surface area contributed by atoms with Crippen LogP contribution in [0.15, 0.2) is 18.2 Å². The van der Waals surface area contributed by atoms with Gasteiger partial charge in [-0.25, -0.2) is 4.39 Å². The maximum absolute atomic E-state index is 13.3. The third-order valence-electron chi connectivity index (χ3n) is 3.52. The highest BCUT2D eigenvalue weighted by atomic mass is 19.1. The van der Waals surface area contributed by atoms with Crippen molar-refractivity contribution >= 4 is 17.5 Å². The zero-order valence-electron chi connectivity index (χ0n) is 11.6. The highest BCUT2D eigenvalue weighted by Crippen LogP contribution is 2.15. The van der Waals surface area contributed by atoms with Crippen LogP contribution >= 0.6 is 0 Å². The first-order valence-corrected chi connectivity index (χ1v) is 6.83. The monoisotopic (exact) mass is 294 g/mol. The molecule has 6 nitrogen and oxygen atoms in total. The maximum atomic E-state index is 13.3. The first-order chi connectivity index (χ1) is 9.95. The number of hydrogen-bond donors (Lipinski definition) is 3. The Bertz CT molecular complexity index is 542. The summed E-state index contributed by atoms with van der Waals surface area (Å²) in [6, 6.07) is 3.95. The molecular weight excluding hydrogens is 275 g/mol. The van der Waals surface area contributed by atoms with Crippen LogP contribution in [0.4, 0.5) is 10.1 Å². The Morgan fingerprint density at radius 3 is 2.62 bits per heavy atom. The number of nitrogens with two attached hydrogens (primary N) is 2. The van der Waals surface area contributed by atoms with Crippen molar-refractivity contribution in [3.8, 4) is 0 Å². The molecule has 2 rings (SSSR count). The molecule has 0 radical (unpaired) electrons. The van der Waals surface area contributed by atoms with Gasteiger partial charge >= 0.3 is 0 Å². The van der Waals surface area contributed by atoms with Gasteiger partial charge in [0, 0.05) is 24.8 Å². The Morgan fingerprint density at radius 2 is 2.00 bits per heavy atom. The Morgan fingerprint density at radius 1 is 1.33 bits per heavy atom. The topological polar surface area (TPSA) is 101 Å². The summed E-state index contributed by atoms with van der Waals surface area (Å²) in [7, 11) is 0. The molecule has 1 aromatic rings. The van der Waals surface area contributed by atoms with Gasteiger partial charge in [-0.2, -0.15) is 0 Å². The number of benzene rings is 1. The number of anilines is 1. The van der Waals surface area contributed by atoms with Crippen LogP contribution in [0.3, 0.4) is 0 Å². The highest BCUT2D eigenvalue weighted by Gasteiger charge is 2.18. The number of halogens is 1. The molecule has 1 aliphatic heterocycles. The van der Waals surface area contributed by atoms with E-state index >= 15 is 0 Å². The molecule has 7 heteroatoms. The number of likely N-dealkylation sites (tertiary alicyclic amines) is 1. The summed E-state index contributed by atoms with van der Waals surface area (Å²) >= 11 is 0. The smallest absolute Gasteiger partial charge is 0.251 e. The number of amides is 2. The number of hydrogen-bond acceptors (Lipinski definition) is 4. The molecule has 0 bridgehead atoms. The number of rotatable bonds is 4. The Balaban J connectivity index is 1.93. The minimum Gasteiger partial charge on any atom is -0.366 e. The van der Waals surface area contributed by atoms with E-state index in [2.05, 4.69) is 5.32 Å². The van der Waals surface area contributed by atoms with E-state index in [1.807, 2.05) is 4.90 Å². The number of piperidine rings is 1. The predicted molar refractivity (Wildman–Crippen MR) is 77.2 cm³/mol. The van der Waals surface area contributed by atoms with Crippen molar-refractivity contribution in [2.75, 3.05) is 25.0 Å². The lowest BCUT2D eigenvalue weighted by Crippen LogP contribution is -2.43. The van der Waals surface area contributed by atoms with Crippen LogP contribution in [-0.4, -0.2) is 42.4 Å². The summed E-state index contributed by atoms with van der Waals surface area (Å²) in [6.07, 6.45) is 1.74. The fourth-order valence-corrected chi connectivity index (χ4v) is 2.31. The summed E-state index contributed by atoms with van der Waals surface area (Å²) in [5.41, 5.74) is 11.0. The molecule has 0 aliphatic carbocycles. The van der Waals surface area contributed by atoms with Gasteiger partial charge in [-0.1, -0.05) is 0 Å². The highest BCUT2D eigenvalue weighted by molar-refractivity contribution is 5.97. The molecule has 1 fully saturated rings. The van der Waals surface area contributed by atoms with Crippen molar-refractivity contribution in [2.45, 2.75) is 18.9 Å². The summed E-state index contributed by atoms with van der Waals surface area (Å²) in [4.78, 5) is 25.0. The van der Waals surface area contributed by atoms with Crippen molar-refractivity contribution in [1.82, 2.24) is 4.90 Å². The second-order valence-electron chi connectivity index (χ2n) is 5.22. The third-order valence-corrected chi connectivity index (χ3v) is 3.52. The molecule has 2 amide bonds. The van der Waals surface area contributed by atoms with Crippen molar-refractivity contribution < 1.29 is 14.0 Å². The Kier molecular flexibility index (Phi) is 4.87. The van der Waals surface area contributed by atoms with Gasteiger partial charge in [0.2, 0.25) is 5.91 Å². The van der Waals surface area contributed by atoms with Gasteiger partial charge in [-0.15, -0.1) is 0 Å². The summed E-state index contributed by atoms with van der Waals surface area (Å²) < 4.78 is 13.3. The number of carbonyl (C=O) groups is 2. The molecule has 5 N–H and O–H groups in total. The Hall–Kier alpha value is -1.99. The normalized spacial score (nSPS) is 16.7. The van der Waals surface area contributed by atoms with E-state index in [1.165, 1.54) is 12.1 Å². The van der Waals surface area contributed by atoms with Crippen LogP contribution in [0.1, 0.15) is 23.2 Å². The minimum atomic E-state index is -0.867. The lowest BCUT2D eigenvalue weighted by Gasteiger charge is -2.29. The number of carbonyl (C=O) groups excluding carboxylic acids is 2. The van der Waals surface area contributed by atoms with E-state index < -0.39 is 11.7 Å². The molecule has 21 heavy (non-hydrogen) atoms. The molecule has 114 valence electrons. The average molecular weight is 294 g/mol. The van der Waals surface area contributed by atoms with E-state index in [-0.39, 0.29) is 24.1 Å². The predicted octanol–water partition coefficient (Wildman–Crippen LogP) is 0.286. The number of nitrogens with zero attached hydrogens (tertiary/aromatic N) is 1. The zero-order valence-corrected chi connectivity index (χ0v) is 11.6. The number of primary amides is 1. The standard InChI is InChI=1S/C14H19FN4O2/c15-12-2-1-10(7-11(12)14(17)21)18-13(20)8-19-5-3-9(16)4-6-19/h1-2,7,9H,3-6,8,16H2,(H2,17,21)(H,18,20). The zero-order chi connectivity index (χ0) is 15.4. The minimum absolute atomic E-state index is 0.208. The van der Waals surface area contributed by atoms with Crippen LogP contribution in [0.2, 0.25) is 0 Å². The van der Waals surface area contributed by atoms with Crippen LogP contribution in [0.5, 0.6) is 0 Å². The average Bonchev–Trinajstić information content (AvgIpc) is 2.43. The lowest BCUT2D eigenvalue weighted by molar-refractivity contribution is -0.117. The fraction of sp³-hybridized carbons (Fsp3) is 0.429. The number of nitrogens with one attached hydrogen (secondary N) is 1. The van der Waals surface area contributed by atoms with Crippen LogP contribution in [0.25, 0.3) is 0 Å². The van der Waals surface area contributed by atoms with E-state index in [4.69, 9.17) is 11.5 Å². The molecule has 0 atom stereocenters. The van der Waals surface area contributed by atoms with Crippen LogP contribution in [0, 0.1) is 5.82 Å². The van der Waals surface area contributed by atoms with E-state index in [0.29, 0.717) is 5.69 Å². The maximum Gasteiger partial charge on any atom is 0.251 e. The summed E-state index contributed by atoms with van der Waals surface area (Å²) in [5.74, 6) is -1.79. The Labute approximate surface area is 122 Å². The quantitative estimate of drug-likeness (QED) is 0.742. The molecular formula is C14H19FN4O2. The van der Waals surface area contributed by atoms with E-state index in [0.717, 1.165) is 32.0 Å². The second kappa shape index (κ2) is 6.64. The van der Waals surface area contributed by atoms with Crippen molar-refractivity contribution in [2.24, 2.45) is 11.5 Å². The largest absolute Gasteiger partial charge is 0.366 e. The molecule has 0 saturated carbocycles. The molecule has 1 saturated heterocycles. The molecule has 0 spiro atoms. The molecule has 1 heterocycles. The molecule has 1 aliphatic rings. The molecule has 0 unspecified atom stereocenters. The van der Waals surface area contributed by atoms with Gasteiger partial charge in [0.05, 0.1) is 12.1 Å². The van der Waals surface area contributed by atoms with Gasteiger partial charge in [-0.3, -0.25) is 14.5 Å². The third kappa shape index (κ3) is 4.24. The SMILES string of the molecule is NC(=O)c1cc(NC(=O)CN2CCC(N)CC2)ccc1F. The first kappa shape index (κ1) is 15.4. The summed E-state index contributed by atoms with van der Waals surface area (Å²) in [6.45, 7) is 1.81. The van der Waals surface area contributed by atoms with Crippen LogP contribution in [-0.2, 0) is 4.79 Å².